The van der Waals surface area contributed by atoms with Crippen LogP contribution in [-0.2, 0) is 97.2 Å². The minimum Gasteiger partial charge on any atom is -0.481 e. The van der Waals surface area contributed by atoms with E-state index in [2.05, 4.69) is 69.1 Å². The zero-order valence-electron chi connectivity index (χ0n) is 81.2. The number of benzene rings is 6. The minimum absolute atomic E-state index is 0.000503. The smallest absolute Gasteiger partial charge is 0.407 e. The van der Waals surface area contributed by atoms with Gasteiger partial charge in [0.2, 0.25) is 70.9 Å². The molecule has 0 aliphatic rings. The molecule has 6 rings (SSSR count). The Morgan fingerprint density at radius 3 is 1.01 bits per heavy atom. The third-order valence-corrected chi connectivity index (χ3v) is 22.6. The number of unbranched alkanes of at least 4 members (excludes halogenated alkanes) is 1. The molecule has 6 aromatic carbocycles. The highest BCUT2D eigenvalue weighted by molar-refractivity contribution is 6.01. The van der Waals surface area contributed by atoms with Crippen LogP contribution in [0.3, 0.4) is 0 Å². The average molecular weight is 1880 g/mol. The van der Waals surface area contributed by atoms with Gasteiger partial charge in [-0.1, -0.05) is 250 Å². The van der Waals surface area contributed by atoms with Gasteiger partial charge < -0.3 is 93.5 Å². The second-order valence-electron chi connectivity index (χ2n) is 37.7. The number of hydrogen-bond donors (Lipinski definition) is 15. The summed E-state index contributed by atoms with van der Waals surface area (Å²) in [6.07, 6.45) is -4.89. The fourth-order valence-electron chi connectivity index (χ4n) is 15.1. The topological polar surface area (TPSA) is 498 Å². The van der Waals surface area contributed by atoms with Crippen molar-refractivity contribution < 1.29 is 101 Å². The van der Waals surface area contributed by atoms with Crippen LogP contribution in [0.1, 0.15) is 229 Å². The number of nitrogens with one attached hydrogen (secondary N) is 13. The first-order valence-corrected chi connectivity index (χ1v) is 46.3. The number of hydrogen-bond acceptors (Lipinski definition) is 19. The van der Waals surface area contributed by atoms with E-state index in [1.54, 1.807) is 220 Å². The summed E-state index contributed by atoms with van der Waals surface area (Å²) < 4.78 is 16.9. The van der Waals surface area contributed by atoms with Crippen LogP contribution in [0.15, 0.2) is 182 Å². The first-order chi connectivity index (χ1) is 64.0. The van der Waals surface area contributed by atoms with Crippen LogP contribution in [0.5, 0.6) is 0 Å². The molecule has 0 spiro atoms. The van der Waals surface area contributed by atoms with Gasteiger partial charge in [0.25, 0.3) is 0 Å². The Bertz CT molecular complexity index is 4800. The van der Waals surface area contributed by atoms with Gasteiger partial charge in [0.1, 0.15) is 82.7 Å². The summed E-state index contributed by atoms with van der Waals surface area (Å²) in [6.45, 7) is 28.9. The standard InChI is InChI=1S/C102H139N13O21/c1-19-64(7)85(113-90(125)76(59-80(118)115-102(70-47-33-24-34-48-70,71-49-35-25-36-50-71)72-51-37-26-38-52-72)108-92(127)83(62(3)4)111-93(128)84(63(5)6)110-91(126)78(104-66(9)116)61-134-98(10,11)12)94(129)107-74(54-56-79(117)114-101(67-41-27-21-28-42-67,68-43-29-22-30-44-68)69-45-31-23-32-46-69)88(123)105-73(53-39-40-58-103-97(133)136-100(16,17)18)87(122)106-75(55-57-82(121)135-99(13,14)15)89(124)112-86(65(8)20-2)95(130)109-77(96(131)132)60-81(119)120/h21-38,41-52,62-65,73-78,83-86H,19-20,39-40,53-61H2,1-18H3,(H,103,133)(H,104,116)(H,105,123)(H,106,122)(H,107,129)(H,108,127)(H,109,130)(H,110,126)(H,111,128)(H,112,124)(H,113,125)(H,114,117)(H,115,118)(H,119,120)(H,131,132)/t64-,65-,73-,74-,75-,76-,77-,78-,83-,84-,85-,86-/m0/s1. The van der Waals surface area contributed by atoms with E-state index in [-0.39, 0.29) is 45.3 Å². The van der Waals surface area contributed by atoms with Crippen molar-refractivity contribution in [2.45, 2.75) is 284 Å². The van der Waals surface area contributed by atoms with Crippen molar-refractivity contribution in [1.29, 1.82) is 0 Å². The number of carboxylic acids is 2. The van der Waals surface area contributed by atoms with Crippen molar-refractivity contribution in [1.82, 2.24) is 69.1 Å². The van der Waals surface area contributed by atoms with E-state index in [0.717, 1.165) is 0 Å². The summed E-state index contributed by atoms with van der Waals surface area (Å²) in [4.78, 5) is 232. The Morgan fingerprint density at radius 1 is 0.331 bits per heavy atom. The lowest BCUT2D eigenvalue weighted by molar-refractivity contribution is -0.155. The van der Waals surface area contributed by atoms with Crippen LogP contribution in [0.2, 0.25) is 0 Å². The molecule has 34 nitrogen and oxygen atoms in total. The third-order valence-electron chi connectivity index (χ3n) is 22.6. The lowest BCUT2D eigenvalue weighted by Gasteiger charge is -2.37. The van der Waals surface area contributed by atoms with E-state index in [1.807, 2.05) is 72.8 Å². The van der Waals surface area contributed by atoms with E-state index < -0.39 is 245 Å². The van der Waals surface area contributed by atoms with E-state index in [0.29, 0.717) is 33.4 Å². The molecule has 0 aliphatic carbocycles. The van der Waals surface area contributed by atoms with Crippen LogP contribution in [0.4, 0.5) is 4.79 Å². The molecule has 738 valence electrons. The average Bonchev–Trinajstić information content (AvgIpc) is 0.755. The van der Waals surface area contributed by atoms with Crippen molar-refractivity contribution in [3.63, 3.8) is 0 Å². The number of rotatable bonds is 51. The molecule has 136 heavy (non-hydrogen) atoms. The molecule has 0 aromatic heterocycles. The number of amides is 13. The molecule has 0 heterocycles. The Balaban J connectivity index is 1.53. The molecule has 12 atom stereocenters. The van der Waals surface area contributed by atoms with E-state index in [4.69, 9.17) is 14.2 Å². The molecule has 0 radical (unpaired) electrons. The zero-order valence-corrected chi connectivity index (χ0v) is 81.2. The molecular formula is C102H139N13O21. The number of carbonyl (C=O) groups is 16. The van der Waals surface area contributed by atoms with Gasteiger partial charge in [0.15, 0.2) is 0 Å². The van der Waals surface area contributed by atoms with Crippen molar-refractivity contribution in [3.05, 3.63) is 215 Å². The molecule has 34 heteroatoms. The maximum atomic E-state index is 16.1. The molecule has 0 unspecified atom stereocenters. The second kappa shape index (κ2) is 52.5. The minimum atomic E-state index is -1.96. The quantitative estimate of drug-likeness (QED) is 0.00962. The van der Waals surface area contributed by atoms with Crippen molar-refractivity contribution >= 4 is 94.9 Å². The Labute approximate surface area is 796 Å². The summed E-state index contributed by atoms with van der Waals surface area (Å²) in [6, 6.07) is 37.3. The molecular weight excluding hydrogens is 1740 g/mol. The maximum absolute atomic E-state index is 16.1. The second-order valence-corrected chi connectivity index (χ2v) is 37.7. The van der Waals surface area contributed by atoms with E-state index in [9.17, 15) is 53.4 Å². The summed E-state index contributed by atoms with van der Waals surface area (Å²) in [5.74, 6) is -18.7. The summed E-state index contributed by atoms with van der Waals surface area (Å²) >= 11 is 0. The number of esters is 1. The maximum Gasteiger partial charge on any atom is 0.407 e. The fourth-order valence-corrected chi connectivity index (χ4v) is 15.1. The summed E-state index contributed by atoms with van der Waals surface area (Å²) in [5.41, 5.74) is -2.09. The molecule has 15 N–H and O–H groups in total. The summed E-state index contributed by atoms with van der Waals surface area (Å²) in [7, 11) is 0. The predicted octanol–water partition coefficient (Wildman–Crippen LogP) is 8.84. The van der Waals surface area contributed by atoms with Gasteiger partial charge in [-0.05, 0) is 151 Å². The molecule has 0 saturated carbocycles. The van der Waals surface area contributed by atoms with Crippen LogP contribution >= 0.6 is 0 Å². The highest BCUT2D eigenvalue weighted by Crippen LogP contribution is 2.39. The molecule has 0 fully saturated rings. The van der Waals surface area contributed by atoms with E-state index >= 15 is 33.6 Å². The monoisotopic (exact) mass is 1880 g/mol. The molecule has 0 bridgehead atoms. The largest absolute Gasteiger partial charge is 0.481 e. The van der Waals surface area contributed by atoms with Crippen LogP contribution in [0.25, 0.3) is 0 Å². The van der Waals surface area contributed by atoms with Crippen LogP contribution in [0, 0.1) is 23.7 Å². The highest BCUT2D eigenvalue weighted by atomic mass is 16.6. The SMILES string of the molecule is CC[C@H](C)[C@H](NC(=O)[C@H](CCC(=O)OC(C)(C)C)NC(=O)[C@H](CCCCNC(=O)OC(C)(C)C)NC(=O)[C@H](CCC(=O)NC(c1ccccc1)(c1ccccc1)c1ccccc1)NC(=O)[C@@H](NC(=O)[C@H](CC(=O)NC(c1ccccc1)(c1ccccc1)c1ccccc1)NC(=O)[C@@H](NC(=O)[C@@H](NC(=O)[C@H](COC(C)(C)C)NC(C)=O)C(C)C)C(C)C)[C@@H](C)CC)C(=O)N[C@@H](CC(=O)O)C(=O)O. The van der Waals surface area contributed by atoms with Gasteiger partial charge in [0, 0.05) is 26.3 Å². The number of carbonyl (C=O) groups excluding carboxylic acids is 14. The Hall–Kier alpha value is -13.4. The van der Waals surface area contributed by atoms with Crippen LogP contribution in [-0.4, -0.2) is 195 Å². The molecule has 13 amide bonds. The van der Waals surface area contributed by atoms with E-state index in [1.165, 1.54) is 13.8 Å². The van der Waals surface area contributed by atoms with Gasteiger partial charge >= 0.3 is 24.0 Å². The lowest BCUT2D eigenvalue weighted by atomic mass is 9.77. The number of ether oxygens (including phenoxy) is 3. The third kappa shape index (κ3) is 34.8. The van der Waals surface area contributed by atoms with Crippen molar-refractivity contribution in [2.24, 2.45) is 23.7 Å². The van der Waals surface area contributed by atoms with Gasteiger partial charge in [-0.25, -0.2) is 9.59 Å². The fraction of sp³-hybridized carbons (Fsp3) is 0.490. The van der Waals surface area contributed by atoms with Gasteiger partial charge in [-0.15, -0.1) is 0 Å². The number of carboxylic acid groups (broad SMARTS) is 2. The predicted molar refractivity (Wildman–Crippen MR) is 511 cm³/mol. The van der Waals surface area contributed by atoms with Gasteiger partial charge in [-0.3, -0.25) is 67.1 Å². The normalized spacial score (nSPS) is 14.4. The van der Waals surface area contributed by atoms with Gasteiger partial charge in [-0.2, -0.15) is 0 Å². The first kappa shape index (κ1) is 111. The molecule has 0 aliphatic heterocycles. The Kier molecular flexibility index (Phi) is 43.0. The first-order valence-electron chi connectivity index (χ1n) is 46.3. The van der Waals surface area contributed by atoms with Crippen molar-refractivity contribution in [2.75, 3.05) is 13.2 Å². The lowest BCUT2D eigenvalue weighted by Crippen LogP contribution is -2.63. The highest BCUT2D eigenvalue weighted by Gasteiger charge is 2.45. The Morgan fingerprint density at radius 2 is 0.647 bits per heavy atom. The van der Waals surface area contributed by atoms with Crippen LogP contribution < -0.4 is 69.1 Å². The molecule has 6 aromatic rings. The van der Waals surface area contributed by atoms with Gasteiger partial charge in [0.05, 0.1) is 25.0 Å². The zero-order chi connectivity index (χ0) is 101. The number of alkyl carbamates (subject to hydrolysis) is 1. The number of aliphatic carboxylic acids is 2. The summed E-state index contributed by atoms with van der Waals surface area (Å²) in [5, 5.41) is 55.1. The van der Waals surface area contributed by atoms with Crippen molar-refractivity contribution in [3.8, 4) is 0 Å². The molecule has 0 saturated heterocycles.